The molecule has 0 aliphatic heterocycles. The molecule has 0 rings (SSSR count). The van der Waals surface area contributed by atoms with Gasteiger partial charge in [0.2, 0.25) is 5.91 Å². The van der Waals surface area contributed by atoms with E-state index in [0.29, 0.717) is 17.7 Å². The van der Waals surface area contributed by atoms with Crippen LogP contribution in [0.25, 0.3) is 0 Å². The maximum Gasteiger partial charge on any atom is 0.227 e. The average Bonchev–Trinajstić information content (AvgIpc) is 2.41. The normalized spacial score (nSPS) is 14.4. The molecule has 1 amide bonds. The molecule has 22 heavy (non-hydrogen) atoms. The molecule has 0 radical (unpaired) electrons. The topological polar surface area (TPSA) is 20.3 Å². The molecule has 2 nitrogen and oxygen atoms in total. The Morgan fingerprint density at radius 3 is 2.18 bits per heavy atom. The van der Waals surface area contributed by atoms with Crippen LogP contribution in [0.4, 0.5) is 0 Å². The van der Waals surface area contributed by atoms with E-state index in [9.17, 15) is 4.79 Å². The fraction of sp³-hybridized carbons (Fsp3) is 0.850. The van der Waals surface area contributed by atoms with Crippen LogP contribution >= 0.6 is 0 Å². The van der Waals surface area contributed by atoms with E-state index in [2.05, 4.69) is 45.6 Å². The van der Waals surface area contributed by atoms with Crippen molar-refractivity contribution in [2.24, 2.45) is 17.3 Å². The summed E-state index contributed by atoms with van der Waals surface area (Å²) in [6, 6.07) is 0. The van der Waals surface area contributed by atoms with E-state index in [4.69, 9.17) is 0 Å². The van der Waals surface area contributed by atoms with Crippen molar-refractivity contribution in [2.45, 2.75) is 81.1 Å². The lowest BCUT2D eigenvalue weighted by molar-refractivity contribution is -0.140. The van der Waals surface area contributed by atoms with Crippen LogP contribution in [0.3, 0.4) is 0 Å². The van der Waals surface area contributed by atoms with Gasteiger partial charge in [0.25, 0.3) is 0 Å². The first-order valence-corrected chi connectivity index (χ1v) is 9.06. The second kappa shape index (κ2) is 10.1. The first-order chi connectivity index (χ1) is 10.1. The summed E-state index contributed by atoms with van der Waals surface area (Å²) in [6.07, 6.45) is 6.87. The number of hydrogen-bond acceptors (Lipinski definition) is 1. The van der Waals surface area contributed by atoms with Crippen LogP contribution in [0, 0.1) is 17.3 Å². The third-order valence-electron chi connectivity index (χ3n) is 4.38. The highest BCUT2D eigenvalue weighted by Crippen LogP contribution is 2.25. The fourth-order valence-electron chi connectivity index (χ4n) is 2.89. The van der Waals surface area contributed by atoms with Crippen LogP contribution in [-0.4, -0.2) is 23.9 Å². The van der Waals surface area contributed by atoms with Crippen molar-refractivity contribution in [1.82, 2.24) is 4.90 Å². The SMILES string of the molecule is CCCN(CC(CC)C(C)CCC=C(C)C)C(=O)C(C)(C)C. The summed E-state index contributed by atoms with van der Waals surface area (Å²) < 4.78 is 0. The maximum absolute atomic E-state index is 12.6. The highest BCUT2D eigenvalue weighted by Gasteiger charge is 2.29. The van der Waals surface area contributed by atoms with Gasteiger partial charge in [-0.3, -0.25) is 4.79 Å². The van der Waals surface area contributed by atoms with Gasteiger partial charge in [-0.15, -0.1) is 0 Å². The molecular weight excluding hydrogens is 270 g/mol. The summed E-state index contributed by atoms with van der Waals surface area (Å²) in [6.45, 7) is 18.9. The van der Waals surface area contributed by atoms with Gasteiger partial charge in [0.05, 0.1) is 0 Å². The molecule has 0 fully saturated rings. The zero-order valence-corrected chi connectivity index (χ0v) is 16.3. The summed E-state index contributed by atoms with van der Waals surface area (Å²) in [5, 5.41) is 0. The van der Waals surface area contributed by atoms with Crippen molar-refractivity contribution in [3.63, 3.8) is 0 Å². The molecule has 0 aliphatic carbocycles. The highest BCUT2D eigenvalue weighted by atomic mass is 16.2. The Morgan fingerprint density at radius 2 is 1.77 bits per heavy atom. The average molecular weight is 310 g/mol. The molecule has 0 N–H and O–H groups in total. The Kier molecular flexibility index (Phi) is 9.71. The number of nitrogens with zero attached hydrogens (tertiary/aromatic N) is 1. The lowest BCUT2D eigenvalue weighted by Crippen LogP contribution is -2.43. The van der Waals surface area contributed by atoms with Crippen molar-refractivity contribution >= 4 is 5.91 Å². The van der Waals surface area contributed by atoms with Gasteiger partial charge in [0.15, 0.2) is 0 Å². The molecule has 0 heterocycles. The number of allylic oxidation sites excluding steroid dienone is 2. The van der Waals surface area contributed by atoms with E-state index in [0.717, 1.165) is 32.4 Å². The second-order valence-electron chi connectivity index (χ2n) is 8.01. The van der Waals surface area contributed by atoms with Crippen molar-refractivity contribution in [3.05, 3.63) is 11.6 Å². The van der Waals surface area contributed by atoms with Crippen LogP contribution in [0.15, 0.2) is 11.6 Å². The number of carbonyl (C=O) groups excluding carboxylic acids is 1. The molecule has 2 unspecified atom stereocenters. The van der Waals surface area contributed by atoms with Crippen LogP contribution in [0.2, 0.25) is 0 Å². The summed E-state index contributed by atoms with van der Waals surface area (Å²) >= 11 is 0. The monoisotopic (exact) mass is 309 g/mol. The first kappa shape index (κ1) is 21.2. The number of carbonyl (C=O) groups is 1. The summed E-state index contributed by atoms with van der Waals surface area (Å²) in [4.78, 5) is 14.8. The number of amides is 1. The van der Waals surface area contributed by atoms with Crippen LogP contribution < -0.4 is 0 Å². The van der Waals surface area contributed by atoms with E-state index < -0.39 is 0 Å². The van der Waals surface area contributed by atoms with Crippen molar-refractivity contribution < 1.29 is 4.79 Å². The summed E-state index contributed by atoms with van der Waals surface area (Å²) in [5.41, 5.74) is 1.12. The zero-order valence-electron chi connectivity index (χ0n) is 16.3. The van der Waals surface area contributed by atoms with E-state index in [1.54, 1.807) is 0 Å². The van der Waals surface area contributed by atoms with Gasteiger partial charge < -0.3 is 4.90 Å². The molecule has 0 aromatic heterocycles. The molecule has 0 aromatic rings. The fourth-order valence-corrected chi connectivity index (χ4v) is 2.89. The van der Waals surface area contributed by atoms with Gasteiger partial charge in [-0.1, -0.05) is 59.6 Å². The Balaban J connectivity index is 4.76. The van der Waals surface area contributed by atoms with Crippen LogP contribution in [0.5, 0.6) is 0 Å². The Bertz CT molecular complexity index is 347. The minimum absolute atomic E-state index is 0.279. The van der Waals surface area contributed by atoms with Gasteiger partial charge >= 0.3 is 0 Å². The van der Waals surface area contributed by atoms with Crippen molar-refractivity contribution in [2.75, 3.05) is 13.1 Å². The summed E-state index contributed by atoms with van der Waals surface area (Å²) in [7, 11) is 0. The zero-order chi connectivity index (χ0) is 17.3. The molecule has 2 atom stereocenters. The predicted molar refractivity (Wildman–Crippen MR) is 97.9 cm³/mol. The largest absolute Gasteiger partial charge is 0.342 e. The number of hydrogen-bond donors (Lipinski definition) is 0. The van der Waals surface area contributed by atoms with Crippen molar-refractivity contribution in [3.8, 4) is 0 Å². The standard InChI is InChI=1S/C20H39NO/c1-9-14-21(19(22)20(6,7)8)15-18(10-2)17(5)13-11-12-16(3)4/h12,17-18H,9-11,13-15H2,1-8H3. The molecule has 0 bridgehead atoms. The second-order valence-corrected chi connectivity index (χ2v) is 8.01. The van der Waals surface area contributed by atoms with E-state index in [-0.39, 0.29) is 5.41 Å². The third kappa shape index (κ3) is 8.00. The maximum atomic E-state index is 12.6. The molecule has 0 saturated carbocycles. The van der Waals surface area contributed by atoms with Gasteiger partial charge in [0.1, 0.15) is 0 Å². The first-order valence-electron chi connectivity index (χ1n) is 9.06. The lowest BCUT2D eigenvalue weighted by Gasteiger charge is -2.34. The predicted octanol–water partition coefficient (Wildman–Crippen LogP) is 5.68. The quantitative estimate of drug-likeness (QED) is 0.502. The molecular formula is C20H39NO. The molecule has 130 valence electrons. The minimum atomic E-state index is -0.279. The van der Waals surface area contributed by atoms with Gasteiger partial charge in [-0.05, 0) is 44.9 Å². The van der Waals surface area contributed by atoms with Crippen LogP contribution in [-0.2, 0) is 4.79 Å². The van der Waals surface area contributed by atoms with Crippen molar-refractivity contribution in [1.29, 1.82) is 0 Å². The number of rotatable bonds is 9. The Morgan fingerprint density at radius 1 is 1.18 bits per heavy atom. The van der Waals surface area contributed by atoms with Crippen LogP contribution in [0.1, 0.15) is 81.1 Å². The smallest absolute Gasteiger partial charge is 0.227 e. The van der Waals surface area contributed by atoms with Gasteiger partial charge in [-0.2, -0.15) is 0 Å². The molecule has 0 aliphatic rings. The molecule has 0 saturated heterocycles. The Hall–Kier alpha value is -0.790. The highest BCUT2D eigenvalue weighted by molar-refractivity contribution is 5.81. The van der Waals surface area contributed by atoms with E-state index in [1.807, 2.05) is 20.8 Å². The molecule has 0 spiro atoms. The minimum Gasteiger partial charge on any atom is -0.342 e. The Labute approximate surface area is 139 Å². The lowest BCUT2D eigenvalue weighted by atomic mass is 9.86. The third-order valence-corrected chi connectivity index (χ3v) is 4.38. The summed E-state index contributed by atoms with van der Waals surface area (Å²) in [5.74, 6) is 1.56. The van der Waals surface area contributed by atoms with E-state index >= 15 is 0 Å². The molecule has 0 aromatic carbocycles. The molecule has 2 heteroatoms. The van der Waals surface area contributed by atoms with Gasteiger partial charge in [0, 0.05) is 18.5 Å². The van der Waals surface area contributed by atoms with Gasteiger partial charge in [-0.25, -0.2) is 0 Å². The van der Waals surface area contributed by atoms with E-state index in [1.165, 1.54) is 12.0 Å².